The zero-order chi connectivity index (χ0) is 17.3. The van der Waals surface area contributed by atoms with Gasteiger partial charge < -0.3 is 4.74 Å². The van der Waals surface area contributed by atoms with Gasteiger partial charge in [0.25, 0.3) is 0 Å². The molecule has 0 N–H and O–H groups in total. The van der Waals surface area contributed by atoms with Crippen molar-refractivity contribution in [1.29, 1.82) is 0 Å². The number of sulfone groups is 1. The summed E-state index contributed by atoms with van der Waals surface area (Å²) in [6.07, 6.45) is 1.03. The molecule has 0 unspecified atom stereocenters. The topological polar surface area (TPSA) is 56.3 Å². The zero-order valence-electron chi connectivity index (χ0n) is 12.0. The van der Waals surface area contributed by atoms with Gasteiger partial charge in [-0.25, -0.2) is 12.8 Å². The van der Waals surface area contributed by atoms with Crippen molar-refractivity contribution in [3.63, 3.8) is 0 Å². The van der Waals surface area contributed by atoms with Crippen LogP contribution >= 0.6 is 0 Å². The normalized spacial score (nSPS) is 11.8. The first-order valence-corrected chi connectivity index (χ1v) is 8.20. The van der Waals surface area contributed by atoms with Gasteiger partial charge in [-0.1, -0.05) is 18.2 Å². The monoisotopic (exact) mass is 353 g/mol. The van der Waals surface area contributed by atoms with E-state index in [9.17, 15) is 21.6 Å². The quantitative estimate of drug-likeness (QED) is 0.716. The molecule has 0 radical (unpaired) electrons. The third-order valence-corrected chi connectivity index (χ3v) is 5.01. The third kappa shape index (κ3) is 3.05. The number of pyridine rings is 1. The molecule has 0 aliphatic carbocycles. The number of hydrogen-bond donors (Lipinski definition) is 0. The lowest BCUT2D eigenvalue weighted by molar-refractivity contribution is -0.0499. The number of aromatic nitrogens is 1. The molecule has 0 saturated heterocycles. The maximum atomic E-state index is 13.6. The molecule has 0 aliphatic heterocycles. The summed E-state index contributed by atoms with van der Waals surface area (Å²) in [6.45, 7) is -3.06. The van der Waals surface area contributed by atoms with Gasteiger partial charge in [-0.3, -0.25) is 4.98 Å². The number of benzene rings is 2. The van der Waals surface area contributed by atoms with Crippen LogP contribution in [0.25, 0.3) is 10.9 Å². The van der Waals surface area contributed by atoms with Crippen molar-refractivity contribution >= 4 is 20.7 Å². The molecular formula is C16H10F3NO3S. The Morgan fingerprint density at radius 1 is 1.00 bits per heavy atom. The summed E-state index contributed by atoms with van der Waals surface area (Å²) in [5.74, 6) is -0.838. The minimum absolute atomic E-state index is 0.0474. The minimum atomic E-state index is -4.01. The summed E-state index contributed by atoms with van der Waals surface area (Å²) >= 11 is 0. The second-order valence-corrected chi connectivity index (χ2v) is 6.79. The lowest BCUT2D eigenvalue weighted by Gasteiger charge is -2.08. The van der Waals surface area contributed by atoms with Gasteiger partial charge in [-0.05, 0) is 30.3 Å². The minimum Gasteiger partial charge on any atom is -0.435 e. The van der Waals surface area contributed by atoms with E-state index in [4.69, 9.17) is 0 Å². The maximum Gasteiger partial charge on any atom is 0.387 e. The Morgan fingerprint density at radius 3 is 2.50 bits per heavy atom. The van der Waals surface area contributed by atoms with Gasteiger partial charge in [-0.15, -0.1) is 0 Å². The molecule has 124 valence electrons. The van der Waals surface area contributed by atoms with E-state index in [-0.39, 0.29) is 21.1 Å². The molecule has 4 nitrogen and oxygen atoms in total. The van der Waals surface area contributed by atoms with E-state index in [1.54, 1.807) is 0 Å². The molecule has 0 aliphatic rings. The van der Waals surface area contributed by atoms with E-state index in [1.807, 2.05) is 0 Å². The lowest BCUT2D eigenvalue weighted by atomic mass is 10.2. The zero-order valence-corrected chi connectivity index (χ0v) is 12.8. The average Bonchev–Trinajstić information content (AvgIpc) is 2.54. The van der Waals surface area contributed by atoms with E-state index in [1.165, 1.54) is 42.5 Å². The molecule has 0 saturated carbocycles. The van der Waals surface area contributed by atoms with Crippen molar-refractivity contribution in [2.24, 2.45) is 0 Å². The number of halogens is 3. The summed E-state index contributed by atoms with van der Waals surface area (Å²) in [4.78, 5) is 3.44. The maximum absolute atomic E-state index is 13.6. The summed E-state index contributed by atoms with van der Waals surface area (Å²) in [5, 5.41) is 0.316. The lowest BCUT2D eigenvalue weighted by Crippen LogP contribution is -2.05. The Hall–Kier alpha value is -2.61. The molecular weight excluding hydrogens is 343 g/mol. The smallest absolute Gasteiger partial charge is 0.387 e. The van der Waals surface area contributed by atoms with Gasteiger partial charge in [0, 0.05) is 11.6 Å². The Kier molecular flexibility index (Phi) is 4.15. The van der Waals surface area contributed by atoms with Crippen LogP contribution in [0.2, 0.25) is 0 Å². The van der Waals surface area contributed by atoms with E-state index < -0.39 is 22.3 Å². The third-order valence-electron chi connectivity index (χ3n) is 3.29. The molecule has 1 aromatic heterocycles. The number of ether oxygens (including phenoxy) is 1. The molecule has 3 aromatic rings. The fraction of sp³-hybridized carbons (Fsp3) is 0.0625. The van der Waals surface area contributed by atoms with Crippen molar-refractivity contribution in [3.05, 3.63) is 60.5 Å². The van der Waals surface area contributed by atoms with Gasteiger partial charge in [0.2, 0.25) is 9.84 Å². The van der Waals surface area contributed by atoms with Crippen LogP contribution in [0.15, 0.2) is 64.5 Å². The van der Waals surface area contributed by atoms with Gasteiger partial charge in [0.15, 0.2) is 0 Å². The number of hydrogen-bond acceptors (Lipinski definition) is 4. The van der Waals surface area contributed by atoms with Crippen LogP contribution in [0.3, 0.4) is 0 Å². The number of fused-ring (bicyclic) bond motifs is 1. The number of para-hydroxylation sites is 1. The van der Waals surface area contributed by atoms with E-state index in [0.717, 1.165) is 12.3 Å². The van der Waals surface area contributed by atoms with Crippen molar-refractivity contribution in [1.82, 2.24) is 4.98 Å². The first-order valence-electron chi connectivity index (χ1n) is 6.72. The van der Waals surface area contributed by atoms with Gasteiger partial charge in [0.1, 0.15) is 17.1 Å². The Balaban J connectivity index is 2.08. The standard InChI is InChI=1S/C16H10F3NO3S/c17-14-6-1-3-10-7-13(9-20-15(10)14)24(21,22)12-5-2-4-11(8-12)23-16(18)19/h1-9,16H. The second kappa shape index (κ2) is 6.12. The summed E-state index contributed by atoms with van der Waals surface area (Å²) in [7, 11) is -4.01. The SMILES string of the molecule is O=S(=O)(c1cccc(OC(F)F)c1)c1cnc2c(F)cccc2c1. The van der Waals surface area contributed by atoms with Crippen LogP contribution < -0.4 is 4.74 Å². The fourth-order valence-corrected chi connectivity index (χ4v) is 3.48. The van der Waals surface area contributed by atoms with Crippen LogP contribution in [-0.4, -0.2) is 20.0 Å². The average molecular weight is 353 g/mol. The highest BCUT2D eigenvalue weighted by Crippen LogP contribution is 2.27. The number of rotatable bonds is 4. The predicted molar refractivity (Wildman–Crippen MR) is 80.2 cm³/mol. The number of nitrogens with zero attached hydrogens (tertiary/aromatic N) is 1. The van der Waals surface area contributed by atoms with E-state index in [0.29, 0.717) is 5.39 Å². The molecule has 0 spiro atoms. The van der Waals surface area contributed by atoms with E-state index in [2.05, 4.69) is 9.72 Å². The molecule has 0 bridgehead atoms. The Labute approximate surface area is 135 Å². The van der Waals surface area contributed by atoms with Gasteiger partial charge >= 0.3 is 6.61 Å². The van der Waals surface area contributed by atoms with Crippen LogP contribution in [0, 0.1) is 5.82 Å². The first kappa shape index (κ1) is 16.3. The molecule has 0 atom stereocenters. The highest BCUT2D eigenvalue weighted by Gasteiger charge is 2.20. The van der Waals surface area contributed by atoms with Crippen LogP contribution in [0.1, 0.15) is 0 Å². The van der Waals surface area contributed by atoms with Crippen LogP contribution in [0.4, 0.5) is 13.2 Å². The summed E-state index contributed by atoms with van der Waals surface area (Å²) in [5.41, 5.74) is 0.0474. The summed E-state index contributed by atoms with van der Waals surface area (Å²) < 4.78 is 67.6. The van der Waals surface area contributed by atoms with Gasteiger partial charge in [-0.2, -0.15) is 8.78 Å². The Morgan fingerprint density at radius 2 is 1.75 bits per heavy atom. The van der Waals surface area contributed by atoms with Crippen molar-refractivity contribution in [3.8, 4) is 5.75 Å². The molecule has 24 heavy (non-hydrogen) atoms. The van der Waals surface area contributed by atoms with Crippen molar-refractivity contribution < 1.29 is 26.3 Å². The molecule has 0 fully saturated rings. The fourth-order valence-electron chi connectivity index (χ4n) is 2.20. The second-order valence-electron chi connectivity index (χ2n) is 4.84. The first-order chi connectivity index (χ1) is 11.4. The highest BCUT2D eigenvalue weighted by molar-refractivity contribution is 7.91. The largest absolute Gasteiger partial charge is 0.435 e. The predicted octanol–water partition coefficient (Wildman–Crippen LogP) is 3.81. The van der Waals surface area contributed by atoms with Gasteiger partial charge in [0.05, 0.1) is 9.79 Å². The van der Waals surface area contributed by atoms with E-state index >= 15 is 0 Å². The van der Waals surface area contributed by atoms with Crippen molar-refractivity contribution in [2.75, 3.05) is 0 Å². The molecule has 3 rings (SSSR count). The highest BCUT2D eigenvalue weighted by atomic mass is 32.2. The molecule has 1 heterocycles. The Bertz CT molecular complexity index is 1010. The molecule has 8 heteroatoms. The van der Waals surface area contributed by atoms with Crippen molar-refractivity contribution in [2.45, 2.75) is 16.4 Å². The molecule has 0 amide bonds. The summed E-state index contributed by atoms with van der Waals surface area (Å²) in [6, 6.07) is 10.2. The van der Waals surface area contributed by atoms with Crippen LogP contribution in [-0.2, 0) is 9.84 Å². The number of alkyl halides is 2. The van der Waals surface area contributed by atoms with Crippen LogP contribution in [0.5, 0.6) is 5.75 Å². The molecule has 2 aromatic carbocycles.